The number of carboxylic acids is 1. The third-order valence-corrected chi connectivity index (χ3v) is 6.37. The zero-order valence-electron chi connectivity index (χ0n) is 23.1. The number of esters is 1. The largest absolute Gasteiger partial charge is 0.496 e. The van der Waals surface area contributed by atoms with Crippen molar-refractivity contribution in [1.29, 1.82) is 0 Å². The fraction of sp³-hybridized carbons (Fsp3) is 0.400. The van der Waals surface area contributed by atoms with Crippen LogP contribution in [0.15, 0.2) is 54.7 Å². The van der Waals surface area contributed by atoms with Crippen LogP contribution in [0.3, 0.4) is 0 Å². The van der Waals surface area contributed by atoms with Gasteiger partial charge in [0.15, 0.2) is 11.6 Å². The van der Waals surface area contributed by atoms with Crippen LogP contribution in [0.4, 0.5) is 0 Å². The Bertz CT molecular complexity index is 1340. The molecule has 3 aromatic rings. The maximum absolute atomic E-state index is 11.8. The van der Waals surface area contributed by atoms with Gasteiger partial charge in [-0.3, -0.25) is 4.79 Å². The van der Waals surface area contributed by atoms with Crippen LogP contribution in [0.2, 0.25) is 0 Å². The Morgan fingerprint density at radius 3 is 2.65 bits per heavy atom. The van der Waals surface area contributed by atoms with E-state index in [2.05, 4.69) is 9.97 Å². The van der Waals surface area contributed by atoms with E-state index in [1.54, 1.807) is 25.4 Å². The van der Waals surface area contributed by atoms with Crippen molar-refractivity contribution in [2.24, 2.45) is 0 Å². The topological polar surface area (TPSA) is 126 Å². The molecule has 2 aromatic carbocycles. The molecule has 0 saturated carbocycles. The number of carbonyl (C=O) groups excluding carboxylic acids is 1. The minimum atomic E-state index is -1.35. The molecule has 1 aliphatic heterocycles. The van der Waals surface area contributed by atoms with Crippen LogP contribution in [0.25, 0.3) is 11.4 Å². The first-order chi connectivity index (χ1) is 19.1. The minimum Gasteiger partial charge on any atom is -0.496 e. The van der Waals surface area contributed by atoms with Crippen molar-refractivity contribution < 1.29 is 38.4 Å². The number of carboxylic acid groups (broad SMARTS) is 1. The van der Waals surface area contributed by atoms with Gasteiger partial charge in [-0.2, -0.15) is 0 Å². The lowest BCUT2D eigenvalue weighted by Crippen LogP contribution is -2.28. The molecule has 0 amide bonds. The average molecular weight is 551 g/mol. The number of aromatic nitrogens is 2. The molecule has 1 N–H and O–H groups in total. The highest BCUT2D eigenvalue weighted by Crippen LogP contribution is 2.29. The number of methoxy groups -OCH3 is 1. The summed E-state index contributed by atoms with van der Waals surface area (Å²) < 4.78 is 28.2. The van der Waals surface area contributed by atoms with Gasteiger partial charge in [0.1, 0.15) is 18.1 Å². The number of aliphatic carboxylic acids is 1. The Morgan fingerprint density at radius 1 is 1.15 bits per heavy atom. The normalized spacial score (nSPS) is 16.8. The van der Waals surface area contributed by atoms with Crippen molar-refractivity contribution in [1.82, 2.24) is 9.97 Å². The summed E-state index contributed by atoms with van der Waals surface area (Å²) in [6, 6.07) is 14.8. The van der Waals surface area contributed by atoms with E-state index in [-0.39, 0.29) is 19.1 Å². The molecule has 0 aliphatic carbocycles. The number of nitrogens with zero attached hydrogens (tertiary/aromatic N) is 2. The number of para-hydroxylation sites is 1. The average Bonchev–Trinajstić information content (AvgIpc) is 3.29. The van der Waals surface area contributed by atoms with Gasteiger partial charge in [-0.1, -0.05) is 24.3 Å². The molecule has 0 bridgehead atoms. The van der Waals surface area contributed by atoms with Crippen LogP contribution in [-0.4, -0.2) is 58.7 Å². The van der Waals surface area contributed by atoms with E-state index in [1.165, 1.54) is 6.92 Å². The van der Waals surface area contributed by atoms with Gasteiger partial charge in [0.25, 0.3) is 0 Å². The van der Waals surface area contributed by atoms with Crippen molar-refractivity contribution in [3.8, 4) is 22.9 Å². The van der Waals surface area contributed by atoms with Crippen molar-refractivity contribution in [2.75, 3.05) is 13.7 Å². The monoisotopic (exact) mass is 550 g/mol. The van der Waals surface area contributed by atoms with Crippen molar-refractivity contribution in [2.45, 2.75) is 64.6 Å². The molecule has 4 rings (SSSR count). The van der Waals surface area contributed by atoms with Crippen LogP contribution in [0.5, 0.6) is 11.5 Å². The highest BCUT2D eigenvalue weighted by atomic mass is 16.7. The Kier molecular flexibility index (Phi) is 9.34. The lowest BCUT2D eigenvalue weighted by atomic mass is 10.00. The molecule has 1 aromatic heterocycles. The predicted octanol–water partition coefficient (Wildman–Crippen LogP) is 4.37. The van der Waals surface area contributed by atoms with E-state index in [0.717, 1.165) is 17.5 Å². The molecule has 1 fully saturated rings. The fourth-order valence-electron chi connectivity index (χ4n) is 4.49. The zero-order valence-corrected chi connectivity index (χ0v) is 23.1. The van der Waals surface area contributed by atoms with Gasteiger partial charge in [-0.15, -0.1) is 0 Å². The first kappa shape index (κ1) is 29.0. The Balaban J connectivity index is 1.53. The molecule has 10 nitrogen and oxygen atoms in total. The minimum absolute atomic E-state index is 0.0302. The number of aryl methyl sites for hydroxylation is 1. The number of rotatable bonds is 12. The van der Waals surface area contributed by atoms with E-state index >= 15 is 0 Å². The van der Waals surface area contributed by atoms with Gasteiger partial charge < -0.3 is 28.8 Å². The summed E-state index contributed by atoms with van der Waals surface area (Å²) in [6.45, 7) is 5.59. The number of hydrogen-bond acceptors (Lipinski definition) is 9. The summed E-state index contributed by atoms with van der Waals surface area (Å²) in [5, 5.41) is 9.65. The molecular weight excluding hydrogens is 516 g/mol. The molecular formula is C30H34N2O8. The van der Waals surface area contributed by atoms with E-state index in [0.29, 0.717) is 41.6 Å². The molecule has 212 valence electrons. The molecule has 2 atom stereocenters. The van der Waals surface area contributed by atoms with Gasteiger partial charge >= 0.3 is 11.9 Å². The number of carbonyl (C=O) groups is 2. The Hall–Kier alpha value is -4.02. The Morgan fingerprint density at radius 2 is 1.95 bits per heavy atom. The third-order valence-electron chi connectivity index (χ3n) is 6.37. The maximum atomic E-state index is 11.8. The van der Waals surface area contributed by atoms with Crippen molar-refractivity contribution >= 4 is 11.9 Å². The van der Waals surface area contributed by atoms with E-state index in [9.17, 15) is 14.7 Å². The molecule has 0 radical (unpaired) electrons. The molecule has 0 spiro atoms. The van der Waals surface area contributed by atoms with Crippen LogP contribution < -0.4 is 9.47 Å². The predicted molar refractivity (Wildman–Crippen MR) is 145 cm³/mol. The second-order valence-corrected chi connectivity index (χ2v) is 9.93. The number of benzene rings is 2. The van der Waals surface area contributed by atoms with Crippen LogP contribution in [-0.2, 0) is 43.2 Å². The molecule has 1 saturated heterocycles. The van der Waals surface area contributed by atoms with Crippen LogP contribution >= 0.6 is 0 Å². The summed E-state index contributed by atoms with van der Waals surface area (Å²) in [5.41, 5.74) is 2.96. The summed E-state index contributed by atoms with van der Waals surface area (Å²) in [7, 11) is 1.59. The number of hydrogen-bond donors (Lipinski definition) is 1. The molecule has 2 unspecified atom stereocenters. The van der Waals surface area contributed by atoms with Crippen LogP contribution in [0, 0.1) is 0 Å². The Labute approximate surface area is 233 Å². The molecule has 10 heteroatoms. The summed E-state index contributed by atoms with van der Waals surface area (Å²) in [5.74, 6) is -0.878. The third kappa shape index (κ3) is 7.77. The fourth-order valence-corrected chi connectivity index (χ4v) is 4.49. The van der Waals surface area contributed by atoms with Gasteiger partial charge in [-0.25, -0.2) is 14.8 Å². The first-order valence-electron chi connectivity index (χ1n) is 13.0. The van der Waals surface area contributed by atoms with Gasteiger partial charge in [0.05, 0.1) is 31.1 Å². The smallest absolute Gasteiger partial charge is 0.345 e. The summed E-state index contributed by atoms with van der Waals surface area (Å²) in [6.07, 6.45) is 1.65. The van der Waals surface area contributed by atoms with Crippen LogP contribution in [0.1, 0.15) is 44.0 Å². The lowest BCUT2D eigenvalue weighted by molar-refractivity contribution is -0.162. The zero-order chi connectivity index (χ0) is 28.7. The second-order valence-electron chi connectivity index (χ2n) is 9.93. The van der Waals surface area contributed by atoms with E-state index in [4.69, 9.17) is 23.7 Å². The van der Waals surface area contributed by atoms with Crippen molar-refractivity contribution in [3.63, 3.8) is 0 Å². The SMILES string of the molecule is COc1ccccc1-c1nccc(COc2ccc(CCC3COC(C)(C)O3)cc2CC(OC(C)=O)C(=O)O)n1. The van der Waals surface area contributed by atoms with Gasteiger partial charge in [0.2, 0.25) is 6.10 Å². The highest BCUT2D eigenvalue weighted by Gasteiger charge is 2.32. The molecule has 40 heavy (non-hydrogen) atoms. The standard InChI is InChI=1S/C30H34N2O8/c1-19(33)39-27(29(34)35)16-21-15-20(9-11-23-18-38-30(2,3)40-23)10-12-25(21)37-17-22-13-14-31-28(32-22)24-7-5-6-8-26(24)36-4/h5-8,10,12-15,23,27H,9,11,16-18H2,1-4H3,(H,34,35). The lowest BCUT2D eigenvalue weighted by Gasteiger charge is -2.18. The molecule has 1 aliphatic rings. The van der Waals surface area contributed by atoms with Crippen molar-refractivity contribution in [3.05, 3.63) is 71.5 Å². The van der Waals surface area contributed by atoms with E-state index < -0.39 is 23.8 Å². The molecule has 2 heterocycles. The highest BCUT2D eigenvalue weighted by molar-refractivity contribution is 5.77. The first-order valence-corrected chi connectivity index (χ1v) is 13.0. The quantitative estimate of drug-likeness (QED) is 0.325. The maximum Gasteiger partial charge on any atom is 0.345 e. The summed E-state index contributed by atoms with van der Waals surface area (Å²) in [4.78, 5) is 32.4. The van der Waals surface area contributed by atoms with Gasteiger partial charge in [0, 0.05) is 19.5 Å². The van der Waals surface area contributed by atoms with E-state index in [1.807, 2.05) is 50.2 Å². The second kappa shape index (κ2) is 12.9. The number of ether oxygens (including phenoxy) is 5. The van der Waals surface area contributed by atoms with Gasteiger partial charge in [-0.05, 0) is 62.1 Å². The summed E-state index contributed by atoms with van der Waals surface area (Å²) >= 11 is 0.